The zero-order valence-electron chi connectivity index (χ0n) is 14.4. The fraction of sp³-hybridized carbons (Fsp3) is 0.368. The predicted molar refractivity (Wildman–Crippen MR) is 103 cm³/mol. The second kappa shape index (κ2) is 7.67. The van der Waals surface area contributed by atoms with Crippen LogP contribution < -0.4 is 5.56 Å². The maximum atomic E-state index is 13.0. The molecule has 26 heavy (non-hydrogen) atoms. The van der Waals surface area contributed by atoms with Crippen molar-refractivity contribution in [3.8, 4) is 11.1 Å². The smallest absolute Gasteiger partial charge is 0.262 e. The van der Waals surface area contributed by atoms with Crippen molar-refractivity contribution in [3.63, 3.8) is 0 Å². The molecule has 1 fully saturated rings. The molecule has 0 bridgehead atoms. The van der Waals surface area contributed by atoms with Gasteiger partial charge < -0.3 is 9.84 Å². The van der Waals surface area contributed by atoms with Crippen molar-refractivity contribution in [1.29, 1.82) is 0 Å². The number of nitrogens with zero attached hydrogens (tertiary/aromatic N) is 3. The van der Waals surface area contributed by atoms with E-state index in [1.54, 1.807) is 6.33 Å². The highest BCUT2D eigenvalue weighted by atomic mass is 32.1. The number of benzene rings is 1. The van der Waals surface area contributed by atoms with Gasteiger partial charge in [0.2, 0.25) is 0 Å². The molecule has 3 aromatic rings. The number of fused-ring (bicyclic) bond motifs is 1. The van der Waals surface area contributed by atoms with E-state index in [1.807, 2.05) is 35.7 Å². The molecule has 1 N–H and O–H groups in total. The highest BCUT2D eigenvalue weighted by molar-refractivity contribution is 7.17. The molecule has 1 aromatic carbocycles. The lowest BCUT2D eigenvalue weighted by Crippen LogP contribution is -2.42. The molecule has 1 saturated heterocycles. The quantitative estimate of drug-likeness (QED) is 0.741. The molecular weight excluding hydrogens is 350 g/mol. The number of β-amino-alcohol motifs (C(OH)–C–C–N with tert-alkyl or cyclic N) is 1. The van der Waals surface area contributed by atoms with Crippen LogP contribution in [-0.4, -0.2) is 58.5 Å². The Morgan fingerprint density at radius 2 is 1.96 bits per heavy atom. The van der Waals surface area contributed by atoms with Gasteiger partial charge in [0.15, 0.2) is 0 Å². The maximum absolute atomic E-state index is 13.0. The number of aromatic nitrogens is 2. The van der Waals surface area contributed by atoms with E-state index in [1.165, 1.54) is 15.9 Å². The summed E-state index contributed by atoms with van der Waals surface area (Å²) in [5, 5.41) is 13.0. The summed E-state index contributed by atoms with van der Waals surface area (Å²) in [4.78, 5) is 20.3. The number of hydrogen-bond acceptors (Lipinski definition) is 6. The molecule has 136 valence electrons. The lowest BCUT2D eigenvalue weighted by Gasteiger charge is -2.28. The van der Waals surface area contributed by atoms with Gasteiger partial charge in [0.05, 0.1) is 37.6 Å². The first-order valence-electron chi connectivity index (χ1n) is 8.72. The van der Waals surface area contributed by atoms with Gasteiger partial charge in [-0.2, -0.15) is 0 Å². The Morgan fingerprint density at radius 3 is 2.73 bits per heavy atom. The number of morpholine rings is 1. The van der Waals surface area contributed by atoms with Crippen LogP contribution >= 0.6 is 11.3 Å². The van der Waals surface area contributed by atoms with E-state index in [2.05, 4.69) is 9.88 Å². The summed E-state index contributed by atoms with van der Waals surface area (Å²) in [6, 6.07) is 9.85. The molecule has 7 heteroatoms. The van der Waals surface area contributed by atoms with Crippen LogP contribution in [0.2, 0.25) is 0 Å². The highest BCUT2D eigenvalue weighted by Gasteiger charge is 2.18. The summed E-state index contributed by atoms with van der Waals surface area (Å²) in [6.45, 7) is 3.77. The van der Waals surface area contributed by atoms with Crippen LogP contribution in [0.4, 0.5) is 0 Å². The van der Waals surface area contributed by atoms with Crippen molar-refractivity contribution < 1.29 is 9.84 Å². The van der Waals surface area contributed by atoms with Crippen LogP contribution in [-0.2, 0) is 11.3 Å². The van der Waals surface area contributed by atoms with Crippen LogP contribution in [0, 0.1) is 0 Å². The standard InChI is InChI=1S/C19H21N3O3S/c23-15(10-21-6-8-25-9-7-21)11-22-13-20-18-17(19(22)24)16(12-26-18)14-4-2-1-3-5-14/h1-5,12-13,15,23H,6-11H2/t15-/m0/s1. The van der Waals surface area contributed by atoms with Crippen molar-refractivity contribution in [3.05, 3.63) is 52.4 Å². The Bertz CT molecular complexity index is 932. The summed E-state index contributed by atoms with van der Waals surface area (Å²) in [5.41, 5.74) is 1.81. The van der Waals surface area contributed by atoms with Gasteiger partial charge in [-0.25, -0.2) is 4.98 Å². The van der Waals surface area contributed by atoms with Gasteiger partial charge in [-0.15, -0.1) is 11.3 Å². The molecule has 0 unspecified atom stereocenters. The number of hydrogen-bond donors (Lipinski definition) is 1. The van der Waals surface area contributed by atoms with E-state index in [-0.39, 0.29) is 12.1 Å². The van der Waals surface area contributed by atoms with Gasteiger partial charge >= 0.3 is 0 Å². The summed E-state index contributed by atoms with van der Waals surface area (Å²) >= 11 is 1.47. The Labute approximate surface area is 155 Å². The van der Waals surface area contributed by atoms with Gasteiger partial charge in [0.25, 0.3) is 5.56 Å². The van der Waals surface area contributed by atoms with Gasteiger partial charge in [-0.05, 0) is 5.56 Å². The molecule has 1 aliphatic rings. The SMILES string of the molecule is O=c1c2c(-c3ccccc3)csc2ncn1C[C@@H](O)CN1CCOCC1. The summed E-state index contributed by atoms with van der Waals surface area (Å²) in [7, 11) is 0. The number of rotatable bonds is 5. The van der Waals surface area contributed by atoms with Crippen molar-refractivity contribution in [2.45, 2.75) is 12.6 Å². The number of thiophene rings is 1. The van der Waals surface area contributed by atoms with E-state index < -0.39 is 6.10 Å². The van der Waals surface area contributed by atoms with Crippen LogP contribution in [0.3, 0.4) is 0 Å². The normalized spacial score (nSPS) is 16.8. The van der Waals surface area contributed by atoms with Crippen LogP contribution in [0.15, 0.2) is 46.8 Å². The molecule has 1 aliphatic heterocycles. The molecular formula is C19H21N3O3S. The maximum Gasteiger partial charge on any atom is 0.262 e. The molecule has 1 atom stereocenters. The first-order chi connectivity index (χ1) is 12.7. The fourth-order valence-corrected chi connectivity index (χ4v) is 4.20. The van der Waals surface area contributed by atoms with Crippen LogP contribution in [0.25, 0.3) is 21.3 Å². The summed E-state index contributed by atoms with van der Waals surface area (Å²) in [6.07, 6.45) is 0.919. The van der Waals surface area contributed by atoms with Crippen molar-refractivity contribution >= 4 is 21.6 Å². The number of aliphatic hydroxyl groups excluding tert-OH is 1. The lowest BCUT2D eigenvalue weighted by atomic mass is 10.1. The van der Waals surface area contributed by atoms with E-state index in [9.17, 15) is 9.90 Å². The third-order valence-corrected chi connectivity index (χ3v) is 5.51. The van der Waals surface area contributed by atoms with E-state index in [4.69, 9.17) is 4.74 Å². The number of aliphatic hydroxyl groups is 1. The zero-order chi connectivity index (χ0) is 17.9. The predicted octanol–water partition coefficient (Wildman–Crippen LogP) is 1.82. The van der Waals surface area contributed by atoms with Crippen LogP contribution in [0.5, 0.6) is 0 Å². The molecule has 0 radical (unpaired) electrons. The molecule has 2 aromatic heterocycles. The van der Waals surface area contributed by atoms with Gasteiger partial charge in [0, 0.05) is 30.6 Å². The zero-order valence-corrected chi connectivity index (χ0v) is 15.2. The first-order valence-corrected chi connectivity index (χ1v) is 9.60. The second-order valence-corrected chi connectivity index (χ2v) is 7.32. The molecule has 6 nitrogen and oxygen atoms in total. The minimum absolute atomic E-state index is 0.101. The fourth-order valence-electron chi connectivity index (χ4n) is 3.29. The minimum atomic E-state index is -0.621. The second-order valence-electron chi connectivity index (χ2n) is 6.46. The number of ether oxygens (including phenoxy) is 1. The Balaban J connectivity index is 1.60. The third-order valence-electron chi connectivity index (χ3n) is 4.63. The molecule has 0 aliphatic carbocycles. The van der Waals surface area contributed by atoms with Crippen molar-refractivity contribution in [2.75, 3.05) is 32.8 Å². The lowest BCUT2D eigenvalue weighted by molar-refractivity contribution is 0.0113. The van der Waals surface area contributed by atoms with Gasteiger partial charge in [-0.3, -0.25) is 14.3 Å². The van der Waals surface area contributed by atoms with Crippen LogP contribution in [0.1, 0.15) is 0 Å². The topological polar surface area (TPSA) is 67.6 Å². The highest BCUT2D eigenvalue weighted by Crippen LogP contribution is 2.30. The van der Waals surface area contributed by atoms with Gasteiger partial charge in [-0.1, -0.05) is 30.3 Å². The molecule has 4 rings (SSSR count). The summed E-state index contributed by atoms with van der Waals surface area (Å²) in [5.74, 6) is 0. The average molecular weight is 371 g/mol. The summed E-state index contributed by atoms with van der Waals surface area (Å²) < 4.78 is 6.85. The van der Waals surface area contributed by atoms with Crippen molar-refractivity contribution in [2.24, 2.45) is 0 Å². The van der Waals surface area contributed by atoms with E-state index >= 15 is 0 Å². The average Bonchev–Trinajstić information content (AvgIpc) is 3.10. The Kier molecular flexibility index (Phi) is 5.12. The Hall–Kier alpha value is -2.06. The van der Waals surface area contributed by atoms with Crippen molar-refractivity contribution in [1.82, 2.24) is 14.5 Å². The Morgan fingerprint density at radius 1 is 1.19 bits per heavy atom. The molecule has 3 heterocycles. The van der Waals surface area contributed by atoms with E-state index in [0.717, 1.165) is 29.0 Å². The third kappa shape index (κ3) is 3.57. The van der Waals surface area contributed by atoms with E-state index in [0.29, 0.717) is 25.1 Å². The molecule has 0 amide bonds. The molecule has 0 saturated carbocycles. The van der Waals surface area contributed by atoms with Gasteiger partial charge in [0.1, 0.15) is 4.83 Å². The molecule has 0 spiro atoms. The monoisotopic (exact) mass is 371 g/mol. The minimum Gasteiger partial charge on any atom is -0.390 e. The first kappa shape index (κ1) is 17.4. The largest absolute Gasteiger partial charge is 0.390 e.